The Morgan fingerprint density at radius 3 is 2.48 bits per heavy atom. The third-order valence-electron chi connectivity index (χ3n) is 6.72. The van der Waals surface area contributed by atoms with E-state index < -0.39 is 12.0 Å². The smallest absolute Gasteiger partial charge is 0.338 e. The second kappa shape index (κ2) is 12.7. The normalized spacial score (nSPS) is 14.7. The number of carbonyl (C=O) groups is 1. The van der Waals surface area contributed by atoms with Crippen LogP contribution in [0.3, 0.4) is 0 Å². The summed E-state index contributed by atoms with van der Waals surface area (Å²) in [5.74, 6) is 0.993. The molecule has 0 spiro atoms. The molecule has 1 aromatic heterocycles. The van der Waals surface area contributed by atoms with E-state index >= 15 is 0 Å². The molecule has 1 aliphatic rings. The lowest BCUT2D eigenvalue weighted by atomic mass is 9.96. The molecule has 0 bridgehead atoms. The highest BCUT2D eigenvalue weighted by molar-refractivity contribution is 7.07. The number of hydrogen-bond donors (Lipinski definition) is 0. The molecule has 42 heavy (non-hydrogen) atoms. The number of esters is 1. The lowest BCUT2D eigenvalue weighted by molar-refractivity contribution is -0.139. The molecule has 0 N–H and O–H groups in total. The maximum absolute atomic E-state index is 13.9. The zero-order valence-corrected chi connectivity index (χ0v) is 25.1. The zero-order valence-electron chi connectivity index (χ0n) is 23.5. The summed E-state index contributed by atoms with van der Waals surface area (Å²) in [4.78, 5) is 32.1. The van der Waals surface area contributed by atoms with Crippen molar-refractivity contribution in [1.29, 1.82) is 0 Å². The van der Waals surface area contributed by atoms with Crippen molar-refractivity contribution in [2.75, 3.05) is 20.8 Å². The monoisotopic (exact) mass is 604 g/mol. The van der Waals surface area contributed by atoms with Gasteiger partial charge in [0.1, 0.15) is 12.4 Å². The highest BCUT2D eigenvalue weighted by Crippen LogP contribution is 2.37. The Kier molecular flexibility index (Phi) is 8.80. The number of nitrogens with zero attached hydrogens (tertiary/aromatic N) is 2. The summed E-state index contributed by atoms with van der Waals surface area (Å²) in [6, 6.07) is 19.7. The Labute approximate surface area is 251 Å². The standard InChI is InChI=1S/C32H29ClN2O6S/c1-5-40-31(37)27-19(2)34-32-35(28(27)22-11-13-23(38-3)14-12-22)30(36)26(42-32)17-21-15-24(33)29(25(16-21)39-4)41-18-20-9-7-6-8-10-20/h6-17,28H,5,18H2,1-4H3/t28-/m0/s1. The maximum atomic E-state index is 13.9. The van der Waals surface area contributed by atoms with Gasteiger partial charge in [0.25, 0.3) is 5.56 Å². The number of allylic oxidation sites excluding steroid dienone is 1. The molecule has 3 aromatic carbocycles. The van der Waals surface area contributed by atoms with Crippen molar-refractivity contribution in [3.63, 3.8) is 0 Å². The van der Waals surface area contributed by atoms with Crippen LogP contribution in [0, 0.1) is 0 Å². The number of carbonyl (C=O) groups excluding carboxylic acids is 1. The van der Waals surface area contributed by atoms with E-state index in [1.54, 1.807) is 51.3 Å². The summed E-state index contributed by atoms with van der Waals surface area (Å²) in [5, 5.41) is 0.348. The van der Waals surface area contributed by atoms with Gasteiger partial charge in [-0.3, -0.25) is 9.36 Å². The van der Waals surface area contributed by atoms with Gasteiger partial charge in [-0.05, 0) is 60.9 Å². The predicted octanol–water partition coefficient (Wildman–Crippen LogP) is 5.05. The van der Waals surface area contributed by atoms with Gasteiger partial charge in [-0.2, -0.15) is 0 Å². The molecule has 10 heteroatoms. The van der Waals surface area contributed by atoms with Gasteiger partial charge in [0, 0.05) is 0 Å². The Hall–Kier alpha value is -4.34. The van der Waals surface area contributed by atoms with Crippen LogP contribution in [0.5, 0.6) is 17.2 Å². The van der Waals surface area contributed by atoms with Gasteiger partial charge in [-0.25, -0.2) is 9.79 Å². The first kappa shape index (κ1) is 29.2. The van der Waals surface area contributed by atoms with E-state index in [2.05, 4.69) is 4.99 Å². The summed E-state index contributed by atoms with van der Waals surface area (Å²) >= 11 is 7.85. The SMILES string of the molecule is CCOC(=O)C1=C(C)N=c2sc(=Cc3cc(Cl)c(OCc4ccccc4)c(OC)c3)c(=O)n2[C@H]1c1ccc(OC)cc1. The van der Waals surface area contributed by atoms with Crippen molar-refractivity contribution in [1.82, 2.24) is 4.57 Å². The minimum absolute atomic E-state index is 0.197. The van der Waals surface area contributed by atoms with Crippen molar-refractivity contribution >= 4 is 35.0 Å². The Morgan fingerprint density at radius 2 is 1.81 bits per heavy atom. The number of rotatable bonds is 9. The Balaban J connectivity index is 1.58. The number of ether oxygens (including phenoxy) is 4. The quantitative estimate of drug-likeness (QED) is 0.249. The summed E-state index contributed by atoms with van der Waals surface area (Å²) in [6.45, 7) is 4.01. The first-order valence-electron chi connectivity index (χ1n) is 13.2. The molecule has 1 atom stereocenters. The van der Waals surface area contributed by atoms with Crippen molar-refractivity contribution in [3.05, 3.63) is 119 Å². The predicted molar refractivity (Wildman–Crippen MR) is 162 cm³/mol. The minimum atomic E-state index is -0.722. The van der Waals surface area contributed by atoms with Crippen LogP contribution in [0.4, 0.5) is 0 Å². The second-order valence-corrected chi connectivity index (χ2v) is 10.8. The third-order valence-corrected chi connectivity index (χ3v) is 7.99. The van der Waals surface area contributed by atoms with E-state index in [9.17, 15) is 9.59 Å². The molecule has 0 radical (unpaired) electrons. The summed E-state index contributed by atoms with van der Waals surface area (Å²) in [7, 11) is 3.11. The fourth-order valence-electron chi connectivity index (χ4n) is 4.74. The number of hydrogen-bond acceptors (Lipinski definition) is 8. The van der Waals surface area contributed by atoms with Crippen molar-refractivity contribution in [2.24, 2.45) is 4.99 Å². The highest BCUT2D eigenvalue weighted by atomic mass is 35.5. The van der Waals surface area contributed by atoms with Crippen LogP contribution < -0.4 is 29.1 Å². The largest absolute Gasteiger partial charge is 0.497 e. The van der Waals surface area contributed by atoms with Gasteiger partial charge in [0.2, 0.25) is 0 Å². The minimum Gasteiger partial charge on any atom is -0.497 e. The highest BCUT2D eigenvalue weighted by Gasteiger charge is 2.33. The van der Waals surface area contributed by atoms with Gasteiger partial charge in [-0.1, -0.05) is 65.4 Å². The molecule has 0 aliphatic carbocycles. The van der Waals surface area contributed by atoms with Gasteiger partial charge in [0.05, 0.1) is 47.7 Å². The molecule has 2 heterocycles. The molecule has 0 unspecified atom stereocenters. The van der Waals surface area contributed by atoms with E-state index in [1.807, 2.05) is 42.5 Å². The van der Waals surface area contributed by atoms with E-state index in [0.29, 0.717) is 55.0 Å². The molecule has 0 saturated carbocycles. The number of methoxy groups -OCH3 is 2. The molecule has 4 aromatic rings. The maximum Gasteiger partial charge on any atom is 0.338 e. The molecular weight excluding hydrogens is 576 g/mol. The van der Waals surface area contributed by atoms with Crippen LogP contribution in [0.15, 0.2) is 87.8 Å². The second-order valence-electron chi connectivity index (χ2n) is 9.38. The fourth-order valence-corrected chi connectivity index (χ4v) is 6.06. The average Bonchev–Trinajstić information content (AvgIpc) is 3.30. The van der Waals surface area contributed by atoms with Crippen LogP contribution in [0.1, 0.15) is 36.6 Å². The lowest BCUT2D eigenvalue weighted by Crippen LogP contribution is -2.39. The van der Waals surface area contributed by atoms with E-state index in [4.69, 9.17) is 30.5 Å². The Morgan fingerprint density at radius 1 is 1.07 bits per heavy atom. The van der Waals surface area contributed by atoms with Crippen LogP contribution in [-0.4, -0.2) is 31.4 Å². The van der Waals surface area contributed by atoms with Gasteiger partial charge in [-0.15, -0.1) is 0 Å². The van der Waals surface area contributed by atoms with Crippen LogP contribution >= 0.6 is 22.9 Å². The van der Waals surface area contributed by atoms with Crippen molar-refractivity contribution in [3.8, 4) is 17.2 Å². The summed E-state index contributed by atoms with van der Waals surface area (Å²) in [5.41, 5.74) is 2.87. The van der Waals surface area contributed by atoms with Crippen molar-refractivity contribution in [2.45, 2.75) is 26.5 Å². The molecular formula is C32H29ClN2O6S. The number of benzene rings is 3. The van der Waals surface area contributed by atoms with E-state index in [1.165, 1.54) is 23.0 Å². The topological polar surface area (TPSA) is 88.4 Å². The number of aromatic nitrogens is 1. The van der Waals surface area contributed by atoms with Crippen LogP contribution in [0.2, 0.25) is 5.02 Å². The van der Waals surface area contributed by atoms with E-state index in [0.717, 1.165) is 11.1 Å². The number of fused-ring (bicyclic) bond motifs is 1. The molecule has 0 saturated heterocycles. The third kappa shape index (κ3) is 5.84. The summed E-state index contributed by atoms with van der Waals surface area (Å²) in [6.07, 6.45) is 1.73. The van der Waals surface area contributed by atoms with Crippen molar-refractivity contribution < 1.29 is 23.7 Å². The molecule has 8 nitrogen and oxygen atoms in total. The molecule has 1 aliphatic heterocycles. The Bertz CT molecular complexity index is 1830. The van der Waals surface area contributed by atoms with Crippen LogP contribution in [-0.2, 0) is 16.1 Å². The number of halogens is 1. The fraction of sp³-hybridized carbons (Fsp3) is 0.219. The zero-order chi connectivity index (χ0) is 29.8. The van der Waals surface area contributed by atoms with Gasteiger partial charge < -0.3 is 18.9 Å². The molecule has 0 amide bonds. The first-order valence-corrected chi connectivity index (χ1v) is 14.4. The number of thiazole rings is 1. The van der Waals surface area contributed by atoms with E-state index in [-0.39, 0.29) is 12.2 Å². The first-order chi connectivity index (χ1) is 20.3. The average molecular weight is 605 g/mol. The lowest BCUT2D eigenvalue weighted by Gasteiger charge is -2.24. The van der Waals surface area contributed by atoms with Gasteiger partial charge >= 0.3 is 5.97 Å². The van der Waals surface area contributed by atoms with Crippen LogP contribution in [0.25, 0.3) is 6.08 Å². The molecule has 216 valence electrons. The molecule has 5 rings (SSSR count). The van der Waals surface area contributed by atoms with Gasteiger partial charge in [0.15, 0.2) is 16.3 Å². The molecule has 0 fully saturated rings. The summed E-state index contributed by atoms with van der Waals surface area (Å²) < 4.78 is 24.2.